The third kappa shape index (κ3) is 4.04. The lowest BCUT2D eigenvalue weighted by molar-refractivity contribution is 0.0750. The van der Waals surface area contributed by atoms with E-state index in [1.54, 1.807) is 17.3 Å². The molecule has 2 saturated heterocycles. The van der Waals surface area contributed by atoms with Crippen LogP contribution in [0.15, 0.2) is 22.7 Å². The molecule has 1 amide bonds. The molecule has 1 aromatic heterocycles. The maximum absolute atomic E-state index is 13.0. The van der Waals surface area contributed by atoms with Crippen molar-refractivity contribution in [3.63, 3.8) is 0 Å². The number of carbonyl (C=O) groups excluding carboxylic acids is 1. The number of nitrogens with zero attached hydrogens (tertiary/aromatic N) is 4. The minimum Gasteiger partial charge on any atom is -0.338 e. The van der Waals surface area contributed by atoms with Gasteiger partial charge in [-0.05, 0) is 63.1 Å². The second kappa shape index (κ2) is 7.78. The lowest BCUT2D eigenvalue weighted by Crippen LogP contribution is -2.43. The summed E-state index contributed by atoms with van der Waals surface area (Å²) < 4.78 is 4.12. The molecular weight excluding hydrogens is 380 g/mol. The fraction of sp³-hybridized carbons (Fsp3) is 0.739. The molecule has 2 aliphatic heterocycles. The first-order valence-electron chi connectivity index (χ1n) is 10.9. The number of carbonyl (C=O) groups is 1. The normalized spacial score (nSPS) is 29.7. The van der Waals surface area contributed by atoms with E-state index < -0.39 is 0 Å². The Bertz CT molecular complexity index is 785. The van der Waals surface area contributed by atoms with Crippen LogP contribution in [0.4, 0.5) is 0 Å². The number of likely N-dealkylation sites (tertiary alicyclic amines) is 2. The van der Waals surface area contributed by atoms with Crippen LogP contribution in [0.2, 0.25) is 0 Å². The highest BCUT2D eigenvalue weighted by molar-refractivity contribution is 7.03. The number of aromatic nitrogens is 1. The smallest absolute Gasteiger partial charge is 0.256 e. The fourth-order valence-corrected chi connectivity index (χ4v) is 6.67. The van der Waals surface area contributed by atoms with Crippen LogP contribution in [-0.4, -0.2) is 78.3 Å². The van der Waals surface area contributed by atoms with E-state index in [4.69, 9.17) is 0 Å². The topological polar surface area (TPSA) is 39.7 Å². The quantitative estimate of drug-likeness (QED) is 0.688. The van der Waals surface area contributed by atoms with Crippen LogP contribution < -0.4 is 0 Å². The summed E-state index contributed by atoms with van der Waals surface area (Å²) in [5.74, 6) is 0.706. The van der Waals surface area contributed by atoms with E-state index in [9.17, 15) is 4.79 Å². The summed E-state index contributed by atoms with van der Waals surface area (Å²) in [5, 5.41) is 1.88. The van der Waals surface area contributed by atoms with Gasteiger partial charge in [-0.3, -0.25) is 9.69 Å². The Morgan fingerprint density at radius 3 is 2.76 bits per heavy atom. The monoisotopic (exact) mass is 416 g/mol. The molecule has 4 rings (SSSR count). The van der Waals surface area contributed by atoms with Crippen molar-refractivity contribution in [2.45, 2.75) is 40.0 Å². The molecule has 0 spiro atoms. The zero-order valence-electron chi connectivity index (χ0n) is 18.7. The maximum Gasteiger partial charge on any atom is 0.256 e. The second-order valence-electron chi connectivity index (χ2n) is 10.6. The summed E-state index contributed by atoms with van der Waals surface area (Å²) in [7, 11) is 4.33. The molecule has 29 heavy (non-hydrogen) atoms. The summed E-state index contributed by atoms with van der Waals surface area (Å²) in [6, 6.07) is 0. The molecule has 3 aliphatic rings. The Morgan fingerprint density at radius 2 is 2.10 bits per heavy atom. The lowest BCUT2D eigenvalue weighted by Gasteiger charge is -2.38. The number of allylic oxidation sites excluding steroid dienone is 1. The minimum absolute atomic E-state index is 0.157. The minimum atomic E-state index is 0.157. The molecule has 5 nitrogen and oxygen atoms in total. The Kier molecular flexibility index (Phi) is 5.64. The number of hydrogen-bond acceptors (Lipinski definition) is 5. The Hall–Kier alpha value is -1.24. The first-order valence-corrected chi connectivity index (χ1v) is 11.8. The van der Waals surface area contributed by atoms with Crippen LogP contribution in [0.1, 0.15) is 50.4 Å². The van der Waals surface area contributed by atoms with Gasteiger partial charge in [0.15, 0.2) is 0 Å². The van der Waals surface area contributed by atoms with Crippen molar-refractivity contribution < 1.29 is 4.79 Å². The van der Waals surface area contributed by atoms with Gasteiger partial charge in [0.1, 0.15) is 0 Å². The molecule has 0 bridgehead atoms. The van der Waals surface area contributed by atoms with Gasteiger partial charge in [-0.1, -0.05) is 25.0 Å². The van der Waals surface area contributed by atoms with Crippen LogP contribution in [-0.2, 0) is 0 Å². The Morgan fingerprint density at radius 1 is 1.31 bits per heavy atom. The summed E-state index contributed by atoms with van der Waals surface area (Å²) in [6.07, 6.45) is 5.60. The van der Waals surface area contributed by atoms with E-state index in [1.165, 1.54) is 30.8 Å². The van der Waals surface area contributed by atoms with Gasteiger partial charge in [0.2, 0.25) is 0 Å². The Balaban J connectivity index is 1.51. The maximum atomic E-state index is 13.0. The van der Waals surface area contributed by atoms with Gasteiger partial charge < -0.3 is 9.80 Å². The molecule has 0 N–H and O–H groups in total. The summed E-state index contributed by atoms with van der Waals surface area (Å²) in [5.41, 5.74) is 4.53. The molecule has 2 atom stereocenters. The van der Waals surface area contributed by atoms with Crippen molar-refractivity contribution in [1.82, 2.24) is 19.1 Å². The van der Waals surface area contributed by atoms with E-state index in [2.05, 4.69) is 53.9 Å². The predicted octanol–water partition coefficient (Wildman–Crippen LogP) is 3.61. The third-order valence-electron chi connectivity index (χ3n) is 7.49. The number of fused-ring (bicyclic) bond motifs is 1. The summed E-state index contributed by atoms with van der Waals surface area (Å²) >= 11 is 1.36. The zero-order valence-corrected chi connectivity index (χ0v) is 19.5. The van der Waals surface area contributed by atoms with E-state index in [0.717, 1.165) is 44.8 Å². The number of amides is 1. The van der Waals surface area contributed by atoms with Gasteiger partial charge in [0.05, 0.1) is 11.8 Å². The van der Waals surface area contributed by atoms with Crippen molar-refractivity contribution in [2.24, 2.45) is 16.7 Å². The summed E-state index contributed by atoms with van der Waals surface area (Å²) in [6.45, 7) is 13.3. The van der Waals surface area contributed by atoms with Gasteiger partial charge in [0, 0.05) is 50.1 Å². The Labute approximate surface area is 179 Å². The first kappa shape index (κ1) is 21.0. The van der Waals surface area contributed by atoms with Gasteiger partial charge >= 0.3 is 0 Å². The third-order valence-corrected chi connectivity index (χ3v) is 8.08. The SMILES string of the molecule is CC1=C(CN2CC3CN(C(=O)c4cnsc4)CC3(CN(C)C)C2)C(C)(C)CCC1. The average molecular weight is 417 g/mol. The lowest BCUT2D eigenvalue weighted by atomic mass is 9.72. The molecule has 1 aromatic rings. The highest BCUT2D eigenvalue weighted by Gasteiger charge is 2.53. The zero-order chi connectivity index (χ0) is 20.8. The van der Waals surface area contributed by atoms with Gasteiger partial charge in [-0.15, -0.1) is 0 Å². The van der Waals surface area contributed by atoms with Gasteiger partial charge in [-0.2, -0.15) is 0 Å². The van der Waals surface area contributed by atoms with Crippen LogP contribution in [0.5, 0.6) is 0 Å². The van der Waals surface area contributed by atoms with E-state index >= 15 is 0 Å². The molecule has 0 radical (unpaired) electrons. The van der Waals surface area contributed by atoms with Crippen LogP contribution in [0.25, 0.3) is 0 Å². The van der Waals surface area contributed by atoms with E-state index in [0.29, 0.717) is 11.3 Å². The van der Waals surface area contributed by atoms with Crippen molar-refractivity contribution in [1.29, 1.82) is 0 Å². The molecule has 3 heterocycles. The fourth-order valence-electron chi connectivity index (χ4n) is 6.16. The van der Waals surface area contributed by atoms with E-state index in [-0.39, 0.29) is 11.3 Å². The predicted molar refractivity (Wildman–Crippen MR) is 119 cm³/mol. The molecule has 0 aromatic carbocycles. The van der Waals surface area contributed by atoms with Crippen LogP contribution >= 0.6 is 11.5 Å². The van der Waals surface area contributed by atoms with Crippen molar-refractivity contribution in [3.05, 3.63) is 28.3 Å². The highest BCUT2D eigenvalue weighted by atomic mass is 32.1. The van der Waals surface area contributed by atoms with E-state index in [1.807, 2.05) is 5.38 Å². The summed E-state index contributed by atoms with van der Waals surface area (Å²) in [4.78, 5) is 20.0. The average Bonchev–Trinajstić information content (AvgIpc) is 3.31. The molecule has 0 saturated carbocycles. The molecule has 2 fully saturated rings. The molecule has 6 heteroatoms. The van der Waals surface area contributed by atoms with Crippen molar-refractivity contribution in [3.8, 4) is 0 Å². The molecule has 160 valence electrons. The number of rotatable bonds is 5. The first-order chi connectivity index (χ1) is 13.7. The molecule has 1 aliphatic carbocycles. The van der Waals surface area contributed by atoms with Crippen LogP contribution in [0.3, 0.4) is 0 Å². The second-order valence-corrected chi connectivity index (χ2v) is 11.2. The van der Waals surface area contributed by atoms with Crippen molar-refractivity contribution >= 4 is 17.4 Å². The standard InChI is InChI=1S/C23H36N4OS/c1-17-7-6-8-22(2,3)20(17)12-26-10-19-11-27(21(28)18-9-24-29-13-18)16-23(19,15-26)14-25(4)5/h9,13,19H,6-8,10-12,14-16H2,1-5H3. The van der Waals surface area contributed by atoms with Gasteiger partial charge in [-0.25, -0.2) is 4.37 Å². The number of hydrogen-bond donors (Lipinski definition) is 0. The molecular formula is C23H36N4OS. The highest BCUT2D eigenvalue weighted by Crippen LogP contribution is 2.46. The largest absolute Gasteiger partial charge is 0.338 e. The van der Waals surface area contributed by atoms with Crippen LogP contribution in [0, 0.1) is 16.7 Å². The van der Waals surface area contributed by atoms with Gasteiger partial charge in [0.25, 0.3) is 5.91 Å². The van der Waals surface area contributed by atoms with Crippen molar-refractivity contribution in [2.75, 3.05) is 53.4 Å². The molecule has 2 unspecified atom stereocenters.